The van der Waals surface area contributed by atoms with Crippen LogP contribution in [-0.2, 0) is 0 Å². The SMILES string of the molecule is c1ccc(-c2ccc(-n3c4ccccc4c4cc(N(c5ccc(-c6cc[c]([Ge]([c]7ccccc7)([c]7ccccc7)[c]7ccccc7)cc6)cc5)c5ccc(N(c6ccccc6)c6ccccc6)cc5)ccc43)cc2)cc1. The first-order chi connectivity index (χ1) is 37.7. The number of rotatable bonds is 13. The average Bonchev–Trinajstić information content (AvgIpc) is 3.92. The second-order valence-corrected chi connectivity index (χ2v) is 27.3. The molecule has 0 aliphatic rings. The van der Waals surface area contributed by atoms with E-state index in [1.165, 1.54) is 56.1 Å². The molecule has 0 bridgehead atoms. The minimum Gasteiger partial charge on any atom is -0.0617 e. The van der Waals surface area contributed by atoms with Gasteiger partial charge in [-0.1, -0.05) is 97.1 Å². The second kappa shape index (κ2) is 20.5. The summed E-state index contributed by atoms with van der Waals surface area (Å²) in [5, 5.41) is 2.40. The van der Waals surface area contributed by atoms with Gasteiger partial charge in [-0.05, 0) is 53.6 Å². The number of para-hydroxylation sites is 3. The summed E-state index contributed by atoms with van der Waals surface area (Å²) in [7, 11) is 0. The first-order valence-electron chi connectivity index (χ1n) is 26.1. The van der Waals surface area contributed by atoms with E-state index in [1.54, 1.807) is 0 Å². The van der Waals surface area contributed by atoms with Crippen molar-refractivity contribution in [3.8, 4) is 27.9 Å². The molecule has 0 fully saturated rings. The van der Waals surface area contributed by atoms with E-state index in [4.69, 9.17) is 0 Å². The van der Waals surface area contributed by atoms with Gasteiger partial charge in [-0.25, -0.2) is 0 Å². The molecule has 360 valence electrons. The number of anilines is 6. The minimum atomic E-state index is -3.40. The van der Waals surface area contributed by atoms with Gasteiger partial charge in [0.15, 0.2) is 0 Å². The third kappa shape index (κ3) is 8.57. The fourth-order valence-corrected chi connectivity index (χ4v) is 21.3. The fraction of sp³-hybridized carbons (Fsp3) is 0. The van der Waals surface area contributed by atoms with Crippen LogP contribution in [0.4, 0.5) is 34.1 Å². The average molecular weight is 1030 g/mol. The van der Waals surface area contributed by atoms with Crippen molar-refractivity contribution >= 4 is 86.8 Å². The molecule has 0 spiro atoms. The standard InChI is InChI=1S/C72H53GeN3/c1-7-21-54(22-8-1)56-39-45-67(46-40-56)76-71-34-20-19-33-69(71)70-53-68(51-52-72(70)76)75(66-49-47-65(48-50-66)74(62-29-15-5-16-30-62)63-31-17-6-18-32-63)64-43-37-57(38-44-64)55-35-41-61(42-36-55)73(58-23-9-2-10-24-58,59-25-11-3-12-26-59)60-27-13-4-14-28-60/h1-53H. The molecular weight excluding hydrogens is 979 g/mol. The van der Waals surface area contributed by atoms with Crippen molar-refractivity contribution in [2.24, 2.45) is 0 Å². The third-order valence-corrected chi connectivity index (χ3v) is 25.0. The number of hydrogen-bond donors (Lipinski definition) is 0. The molecule has 4 heteroatoms. The van der Waals surface area contributed by atoms with Crippen LogP contribution >= 0.6 is 0 Å². The van der Waals surface area contributed by atoms with Crippen LogP contribution in [0.3, 0.4) is 0 Å². The molecule has 0 amide bonds. The topological polar surface area (TPSA) is 11.4 Å². The van der Waals surface area contributed by atoms with Gasteiger partial charge in [0.2, 0.25) is 0 Å². The molecule has 0 atom stereocenters. The number of fused-ring (bicyclic) bond motifs is 3. The Morgan fingerprint density at radius 2 is 0.539 bits per heavy atom. The van der Waals surface area contributed by atoms with Gasteiger partial charge in [0, 0.05) is 28.1 Å². The van der Waals surface area contributed by atoms with Gasteiger partial charge in [-0.2, -0.15) is 0 Å². The van der Waals surface area contributed by atoms with E-state index in [9.17, 15) is 0 Å². The Morgan fingerprint density at radius 3 is 1.03 bits per heavy atom. The quantitative estimate of drug-likeness (QED) is 0.107. The summed E-state index contributed by atoms with van der Waals surface area (Å²) in [5.41, 5.74) is 14.7. The van der Waals surface area contributed by atoms with Crippen LogP contribution in [0.15, 0.2) is 322 Å². The van der Waals surface area contributed by atoms with Crippen LogP contribution in [0.1, 0.15) is 0 Å². The molecule has 0 saturated heterocycles. The van der Waals surface area contributed by atoms with Crippen LogP contribution in [0.25, 0.3) is 49.7 Å². The summed E-state index contributed by atoms with van der Waals surface area (Å²) in [5.74, 6) is 0. The van der Waals surface area contributed by atoms with Crippen molar-refractivity contribution < 1.29 is 0 Å². The molecule has 0 N–H and O–H groups in total. The van der Waals surface area contributed by atoms with Crippen LogP contribution in [-0.4, -0.2) is 17.8 Å². The Morgan fingerprint density at radius 1 is 0.224 bits per heavy atom. The van der Waals surface area contributed by atoms with Gasteiger partial charge in [0.05, 0.1) is 11.0 Å². The Hall–Kier alpha value is -9.42. The number of nitrogens with zero attached hydrogens (tertiary/aromatic N) is 3. The van der Waals surface area contributed by atoms with Gasteiger partial charge in [-0.3, -0.25) is 0 Å². The van der Waals surface area contributed by atoms with E-state index in [-0.39, 0.29) is 0 Å². The summed E-state index contributed by atoms with van der Waals surface area (Å²) in [6.07, 6.45) is 0. The molecule has 13 rings (SSSR count). The summed E-state index contributed by atoms with van der Waals surface area (Å²) in [4.78, 5) is 4.71. The van der Waals surface area contributed by atoms with E-state index < -0.39 is 13.3 Å². The van der Waals surface area contributed by atoms with Gasteiger partial charge < -0.3 is 9.47 Å². The molecule has 3 nitrogen and oxygen atoms in total. The van der Waals surface area contributed by atoms with Crippen molar-refractivity contribution in [1.82, 2.24) is 4.57 Å². The first kappa shape index (κ1) is 46.4. The van der Waals surface area contributed by atoms with Crippen molar-refractivity contribution in [2.75, 3.05) is 9.80 Å². The van der Waals surface area contributed by atoms with E-state index >= 15 is 0 Å². The zero-order valence-corrected chi connectivity index (χ0v) is 44.0. The Bertz CT molecular complexity index is 3900. The summed E-state index contributed by atoms with van der Waals surface area (Å²) in [6.45, 7) is 0. The second-order valence-electron chi connectivity index (χ2n) is 19.3. The van der Waals surface area contributed by atoms with Crippen molar-refractivity contribution in [1.29, 1.82) is 0 Å². The van der Waals surface area contributed by atoms with Crippen LogP contribution in [0.2, 0.25) is 0 Å². The van der Waals surface area contributed by atoms with E-state index in [2.05, 4.69) is 336 Å². The predicted octanol–water partition coefficient (Wildman–Crippen LogP) is 16.4. The van der Waals surface area contributed by atoms with Crippen LogP contribution in [0.5, 0.6) is 0 Å². The summed E-state index contributed by atoms with van der Waals surface area (Å²) in [6, 6.07) is 118. The molecule has 0 radical (unpaired) electrons. The Kier molecular flexibility index (Phi) is 12.5. The van der Waals surface area contributed by atoms with Gasteiger partial charge in [0.1, 0.15) is 0 Å². The molecule has 76 heavy (non-hydrogen) atoms. The molecule has 1 heterocycles. The smallest absolute Gasteiger partial charge is 0.0617 e. The summed E-state index contributed by atoms with van der Waals surface area (Å²) >= 11 is -3.40. The maximum absolute atomic E-state index is 3.40. The molecular formula is C72H53GeN3. The summed E-state index contributed by atoms with van der Waals surface area (Å²) < 4.78 is 8.05. The molecule has 0 unspecified atom stereocenters. The molecule has 0 aliphatic carbocycles. The molecule has 12 aromatic carbocycles. The van der Waals surface area contributed by atoms with Crippen molar-refractivity contribution in [3.63, 3.8) is 0 Å². The number of aromatic nitrogens is 1. The maximum atomic E-state index is 2.40. The zero-order chi connectivity index (χ0) is 50.7. The molecule has 13 aromatic rings. The minimum absolute atomic E-state index is 1.06. The number of benzene rings is 12. The van der Waals surface area contributed by atoms with Gasteiger partial charge >= 0.3 is 251 Å². The monoisotopic (exact) mass is 1030 g/mol. The van der Waals surface area contributed by atoms with Crippen molar-refractivity contribution in [2.45, 2.75) is 0 Å². The Balaban J connectivity index is 0.910. The molecule has 0 saturated carbocycles. The molecule has 0 aliphatic heterocycles. The molecule has 1 aromatic heterocycles. The van der Waals surface area contributed by atoms with E-state index in [1.807, 2.05) is 0 Å². The van der Waals surface area contributed by atoms with E-state index in [0.717, 1.165) is 45.3 Å². The number of hydrogen-bond acceptors (Lipinski definition) is 2. The van der Waals surface area contributed by atoms with Crippen molar-refractivity contribution in [3.05, 3.63) is 322 Å². The van der Waals surface area contributed by atoms with E-state index in [0.29, 0.717) is 0 Å². The van der Waals surface area contributed by atoms with Gasteiger partial charge in [0.25, 0.3) is 0 Å². The van der Waals surface area contributed by atoms with Crippen LogP contribution < -0.4 is 27.4 Å². The predicted molar refractivity (Wildman–Crippen MR) is 325 cm³/mol. The Labute approximate surface area is 447 Å². The zero-order valence-electron chi connectivity index (χ0n) is 41.9. The third-order valence-electron chi connectivity index (χ3n) is 14.9. The fourth-order valence-electron chi connectivity index (χ4n) is 11.4. The van der Waals surface area contributed by atoms with Crippen LogP contribution in [0, 0.1) is 0 Å². The van der Waals surface area contributed by atoms with Gasteiger partial charge in [-0.15, -0.1) is 0 Å². The normalized spacial score (nSPS) is 11.4. The first-order valence-corrected chi connectivity index (χ1v) is 30.3.